The highest BCUT2D eigenvalue weighted by Crippen LogP contribution is 2.28. The van der Waals surface area contributed by atoms with Gasteiger partial charge >= 0.3 is 0 Å². The van der Waals surface area contributed by atoms with E-state index in [4.69, 9.17) is 0 Å². The zero-order valence-corrected chi connectivity index (χ0v) is 14.3. The van der Waals surface area contributed by atoms with Gasteiger partial charge in [0.2, 0.25) is 0 Å². The first-order chi connectivity index (χ1) is 12.6. The molecule has 0 radical (unpaired) electrons. The number of fused-ring (bicyclic) bond motifs is 1. The van der Waals surface area contributed by atoms with Crippen molar-refractivity contribution in [2.45, 2.75) is 6.42 Å². The molecule has 6 heteroatoms. The number of hydrogen-bond donors (Lipinski definition) is 1. The smallest absolute Gasteiger partial charge is 0.160 e. The number of hydrogen-bond acceptors (Lipinski definition) is 4. The average molecular weight is 352 g/mol. The first-order valence-electron chi connectivity index (χ1n) is 8.47. The van der Waals surface area contributed by atoms with E-state index < -0.39 is 11.6 Å². The van der Waals surface area contributed by atoms with Gasteiger partial charge in [-0.3, -0.25) is 0 Å². The molecule has 0 spiro atoms. The molecule has 26 heavy (non-hydrogen) atoms. The molecule has 1 aromatic heterocycles. The molecule has 1 aliphatic rings. The molecule has 0 bridgehead atoms. The zero-order valence-electron chi connectivity index (χ0n) is 14.3. The maximum absolute atomic E-state index is 13.5. The number of nitrogens with one attached hydrogen (secondary N) is 1. The Morgan fingerprint density at radius 3 is 2.65 bits per heavy atom. The van der Waals surface area contributed by atoms with E-state index in [2.05, 4.69) is 33.3 Å². The lowest BCUT2D eigenvalue weighted by Crippen LogP contribution is -2.24. The SMILES string of the molecule is CN1CC=C(c2nc(Nc3ccc(F)c(F)c3)c3ccccc3n2)CC1. The van der Waals surface area contributed by atoms with Gasteiger partial charge in [-0.25, -0.2) is 18.7 Å². The van der Waals surface area contributed by atoms with E-state index in [1.54, 1.807) is 0 Å². The van der Waals surface area contributed by atoms with Crippen LogP contribution in [0, 0.1) is 11.6 Å². The largest absolute Gasteiger partial charge is 0.340 e. The Bertz CT molecular complexity index is 1000. The van der Waals surface area contributed by atoms with Crippen molar-refractivity contribution in [1.82, 2.24) is 14.9 Å². The van der Waals surface area contributed by atoms with Gasteiger partial charge in [0.05, 0.1) is 5.52 Å². The lowest BCUT2D eigenvalue weighted by Gasteiger charge is -2.21. The Labute approximate surface area is 150 Å². The number of aromatic nitrogens is 2. The van der Waals surface area contributed by atoms with Gasteiger partial charge in [0.15, 0.2) is 17.5 Å². The van der Waals surface area contributed by atoms with Crippen LogP contribution in [0.15, 0.2) is 48.5 Å². The fourth-order valence-electron chi connectivity index (χ4n) is 3.00. The number of likely N-dealkylation sites (N-methyl/N-ethyl adjacent to an activating group) is 1. The summed E-state index contributed by atoms with van der Waals surface area (Å²) >= 11 is 0. The van der Waals surface area contributed by atoms with Crippen molar-refractivity contribution in [3.05, 3.63) is 66.0 Å². The van der Waals surface area contributed by atoms with Crippen LogP contribution < -0.4 is 5.32 Å². The lowest BCUT2D eigenvalue weighted by molar-refractivity contribution is 0.369. The number of nitrogens with zero attached hydrogens (tertiary/aromatic N) is 3. The quantitative estimate of drug-likeness (QED) is 0.760. The van der Waals surface area contributed by atoms with Gasteiger partial charge in [0, 0.05) is 30.2 Å². The predicted molar refractivity (Wildman–Crippen MR) is 99.3 cm³/mol. The molecule has 0 fully saturated rings. The molecule has 4 rings (SSSR count). The summed E-state index contributed by atoms with van der Waals surface area (Å²) < 4.78 is 26.7. The Morgan fingerprint density at radius 1 is 1.04 bits per heavy atom. The van der Waals surface area contributed by atoms with Crippen LogP contribution in [0.25, 0.3) is 16.5 Å². The van der Waals surface area contributed by atoms with Crippen LogP contribution in [-0.2, 0) is 0 Å². The molecule has 0 saturated heterocycles. The summed E-state index contributed by atoms with van der Waals surface area (Å²) in [7, 11) is 2.07. The fraction of sp³-hybridized carbons (Fsp3) is 0.200. The van der Waals surface area contributed by atoms with Crippen LogP contribution >= 0.6 is 0 Å². The van der Waals surface area contributed by atoms with E-state index >= 15 is 0 Å². The van der Waals surface area contributed by atoms with E-state index in [1.807, 2.05) is 24.3 Å². The summed E-state index contributed by atoms with van der Waals surface area (Å²) in [6.45, 7) is 1.81. The van der Waals surface area contributed by atoms with E-state index in [1.165, 1.54) is 6.07 Å². The second-order valence-corrected chi connectivity index (χ2v) is 6.41. The minimum atomic E-state index is -0.897. The molecule has 132 valence electrons. The molecule has 1 N–H and O–H groups in total. The van der Waals surface area contributed by atoms with Gasteiger partial charge < -0.3 is 10.2 Å². The molecule has 1 aliphatic heterocycles. The molecule has 0 unspecified atom stereocenters. The fourth-order valence-corrected chi connectivity index (χ4v) is 3.00. The van der Waals surface area contributed by atoms with Gasteiger partial charge in [-0.05, 0) is 43.3 Å². The van der Waals surface area contributed by atoms with E-state index in [-0.39, 0.29) is 0 Å². The standard InChI is InChI=1S/C20H18F2N4/c1-26-10-8-13(9-11-26)19-24-18-5-3-2-4-15(18)20(25-19)23-14-6-7-16(21)17(22)12-14/h2-8,12H,9-11H2,1H3,(H,23,24,25). The summed E-state index contributed by atoms with van der Waals surface area (Å²) in [5.74, 6) is -0.523. The summed E-state index contributed by atoms with van der Waals surface area (Å²) in [5, 5.41) is 3.94. The normalized spacial score (nSPS) is 15.1. The molecule has 2 aromatic carbocycles. The second-order valence-electron chi connectivity index (χ2n) is 6.41. The minimum absolute atomic E-state index is 0.441. The molecule has 3 aromatic rings. The summed E-state index contributed by atoms with van der Waals surface area (Å²) in [6.07, 6.45) is 3.01. The van der Waals surface area contributed by atoms with Crippen molar-refractivity contribution in [1.29, 1.82) is 0 Å². The van der Waals surface area contributed by atoms with E-state index in [0.29, 0.717) is 17.3 Å². The van der Waals surface area contributed by atoms with Crippen molar-refractivity contribution < 1.29 is 8.78 Å². The van der Waals surface area contributed by atoms with Crippen LogP contribution in [0.3, 0.4) is 0 Å². The molecule has 0 aliphatic carbocycles. The van der Waals surface area contributed by atoms with Gasteiger partial charge in [-0.2, -0.15) is 0 Å². The Kier molecular flexibility index (Phi) is 4.34. The summed E-state index contributed by atoms with van der Waals surface area (Å²) in [6, 6.07) is 11.4. The second kappa shape index (κ2) is 6.80. The highest BCUT2D eigenvalue weighted by atomic mass is 19.2. The minimum Gasteiger partial charge on any atom is -0.340 e. The number of halogens is 2. The van der Waals surface area contributed by atoms with E-state index in [0.717, 1.165) is 48.1 Å². The molecular formula is C20H18F2N4. The first-order valence-corrected chi connectivity index (χ1v) is 8.47. The highest BCUT2D eigenvalue weighted by Gasteiger charge is 2.15. The third-order valence-corrected chi connectivity index (χ3v) is 4.49. The van der Waals surface area contributed by atoms with Crippen LogP contribution in [-0.4, -0.2) is 35.0 Å². The van der Waals surface area contributed by atoms with Gasteiger partial charge in [0.1, 0.15) is 5.82 Å². The van der Waals surface area contributed by atoms with Crippen LogP contribution in [0.4, 0.5) is 20.3 Å². The number of benzene rings is 2. The predicted octanol–water partition coefficient (Wildman–Crippen LogP) is 4.37. The van der Waals surface area contributed by atoms with Crippen LogP contribution in [0.5, 0.6) is 0 Å². The van der Waals surface area contributed by atoms with Crippen molar-refractivity contribution in [3.63, 3.8) is 0 Å². The average Bonchev–Trinajstić information content (AvgIpc) is 2.65. The molecule has 2 heterocycles. The van der Waals surface area contributed by atoms with Gasteiger partial charge in [0.25, 0.3) is 0 Å². The van der Waals surface area contributed by atoms with Crippen LogP contribution in [0.2, 0.25) is 0 Å². The van der Waals surface area contributed by atoms with Crippen molar-refractivity contribution >= 4 is 28.0 Å². The highest BCUT2D eigenvalue weighted by molar-refractivity contribution is 5.91. The Balaban J connectivity index is 1.78. The zero-order chi connectivity index (χ0) is 18.1. The first kappa shape index (κ1) is 16.6. The van der Waals surface area contributed by atoms with Crippen molar-refractivity contribution in [2.75, 3.05) is 25.5 Å². The van der Waals surface area contributed by atoms with Crippen LogP contribution in [0.1, 0.15) is 12.2 Å². The van der Waals surface area contributed by atoms with Crippen molar-refractivity contribution in [2.24, 2.45) is 0 Å². The van der Waals surface area contributed by atoms with Gasteiger partial charge in [-0.15, -0.1) is 0 Å². The summed E-state index contributed by atoms with van der Waals surface area (Å²) in [4.78, 5) is 11.6. The molecule has 0 atom stereocenters. The maximum Gasteiger partial charge on any atom is 0.160 e. The number of para-hydroxylation sites is 1. The third-order valence-electron chi connectivity index (χ3n) is 4.49. The van der Waals surface area contributed by atoms with E-state index in [9.17, 15) is 8.78 Å². The topological polar surface area (TPSA) is 41.1 Å². The molecule has 4 nitrogen and oxygen atoms in total. The summed E-state index contributed by atoms with van der Waals surface area (Å²) in [5.41, 5.74) is 2.35. The number of anilines is 2. The Morgan fingerprint density at radius 2 is 1.88 bits per heavy atom. The third kappa shape index (κ3) is 3.28. The molecular weight excluding hydrogens is 334 g/mol. The maximum atomic E-state index is 13.5. The molecule has 0 saturated carbocycles. The van der Waals surface area contributed by atoms with Gasteiger partial charge in [-0.1, -0.05) is 18.2 Å². The number of rotatable bonds is 3. The van der Waals surface area contributed by atoms with Crippen molar-refractivity contribution in [3.8, 4) is 0 Å². The Hall–Kier alpha value is -2.86. The monoisotopic (exact) mass is 352 g/mol. The lowest BCUT2D eigenvalue weighted by atomic mass is 10.1. The molecule has 0 amide bonds.